The number of hydrogen-bond donors (Lipinski definition) is 1. The van der Waals surface area contributed by atoms with E-state index >= 15 is 0 Å². The van der Waals surface area contributed by atoms with Gasteiger partial charge in [-0.1, -0.05) is 13.0 Å². The van der Waals surface area contributed by atoms with Gasteiger partial charge in [-0.3, -0.25) is 0 Å². The van der Waals surface area contributed by atoms with E-state index in [1.54, 1.807) is 13.2 Å². The lowest BCUT2D eigenvalue weighted by molar-refractivity contribution is 0.311. The van der Waals surface area contributed by atoms with Gasteiger partial charge < -0.3 is 15.2 Å². The van der Waals surface area contributed by atoms with Gasteiger partial charge in [0.25, 0.3) is 0 Å². The predicted molar refractivity (Wildman–Crippen MR) is 80.2 cm³/mol. The second-order valence-corrected chi connectivity index (χ2v) is 7.10. The fourth-order valence-corrected chi connectivity index (χ4v) is 2.09. The number of hydrogen-bond acceptors (Lipinski definition) is 5. The fourth-order valence-electron chi connectivity index (χ4n) is 1.71. The van der Waals surface area contributed by atoms with Gasteiger partial charge >= 0.3 is 0 Å². The van der Waals surface area contributed by atoms with Crippen molar-refractivity contribution in [2.45, 2.75) is 25.8 Å². The highest BCUT2D eigenvalue weighted by Gasteiger charge is 2.09. The van der Waals surface area contributed by atoms with Crippen LogP contribution in [0, 0.1) is 0 Å². The van der Waals surface area contributed by atoms with Gasteiger partial charge in [0.2, 0.25) is 0 Å². The first kappa shape index (κ1) is 16.8. The van der Waals surface area contributed by atoms with E-state index in [1.807, 2.05) is 19.1 Å². The molecule has 0 heterocycles. The third-order valence-electron chi connectivity index (χ3n) is 2.96. The molecule has 1 unspecified atom stereocenters. The van der Waals surface area contributed by atoms with Crippen molar-refractivity contribution in [3.63, 3.8) is 0 Å². The second kappa shape index (κ2) is 7.50. The molecule has 1 atom stereocenters. The zero-order chi connectivity index (χ0) is 15.2. The number of sulfone groups is 1. The summed E-state index contributed by atoms with van der Waals surface area (Å²) in [6, 6.07) is 5.72. The van der Waals surface area contributed by atoms with Gasteiger partial charge in [0.05, 0.1) is 12.9 Å². The standard InChI is InChI=1S/C14H23NO4S/c1-4-12(15)9-11-5-6-13(14(10-11)18-2)19-7-8-20(3,16)17/h5-6,10,12H,4,7-9,15H2,1-3H3. The summed E-state index contributed by atoms with van der Waals surface area (Å²) in [5.41, 5.74) is 7.00. The van der Waals surface area contributed by atoms with Gasteiger partial charge in [-0.05, 0) is 30.5 Å². The molecule has 2 N–H and O–H groups in total. The smallest absolute Gasteiger partial charge is 0.161 e. The van der Waals surface area contributed by atoms with Crippen LogP contribution in [-0.4, -0.2) is 40.2 Å². The van der Waals surface area contributed by atoms with E-state index in [2.05, 4.69) is 0 Å². The maximum atomic E-state index is 11.1. The SMILES string of the molecule is CCC(N)Cc1ccc(OCCS(C)(=O)=O)c(OC)c1. The van der Waals surface area contributed by atoms with Crippen molar-refractivity contribution in [2.24, 2.45) is 5.73 Å². The third-order valence-corrected chi connectivity index (χ3v) is 3.87. The lowest BCUT2D eigenvalue weighted by Gasteiger charge is -2.13. The minimum Gasteiger partial charge on any atom is -0.493 e. The first-order valence-electron chi connectivity index (χ1n) is 6.58. The molecule has 0 aliphatic carbocycles. The van der Waals surface area contributed by atoms with Gasteiger partial charge in [0, 0.05) is 12.3 Å². The summed E-state index contributed by atoms with van der Waals surface area (Å²) in [5, 5.41) is 0. The molecule has 114 valence electrons. The van der Waals surface area contributed by atoms with Gasteiger partial charge in [0.1, 0.15) is 6.61 Å². The van der Waals surface area contributed by atoms with Crippen molar-refractivity contribution < 1.29 is 17.9 Å². The minimum absolute atomic E-state index is 0.0153. The van der Waals surface area contributed by atoms with Gasteiger partial charge in [-0.25, -0.2) is 8.42 Å². The van der Waals surface area contributed by atoms with E-state index in [0.29, 0.717) is 11.5 Å². The Morgan fingerprint density at radius 1 is 1.30 bits per heavy atom. The minimum atomic E-state index is -3.02. The first-order chi connectivity index (χ1) is 9.35. The van der Waals surface area contributed by atoms with Crippen LogP contribution in [0.2, 0.25) is 0 Å². The van der Waals surface area contributed by atoms with Crippen LogP contribution in [0.5, 0.6) is 11.5 Å². The van der Waals surface area contributed by atoms with Crippen LogP contribution in [-0.2, 0) is 16.3 Å². The van der Waals surface area contributed by atoms with E-state index in [0.717, 1.165) is 18.4 Å². The molecule has 0 aliphatic rings. The Hall–Kier alpha value is -1.27. The van der Waals surface area contributed by atoms with Crippen molar-refractivity contribution >= 4 is 9.84 Å². The Balaban J connectivity index is 2.72. The zero-order valence-electron chi connectivity index (χ0n) is 12.3. The molecular weight excluding hydrogens is 278 g/mol. The molecule has 0 radical (unpaired) electrons. The van der Waals surface area contributed by atoms with E-state index in [9.17, 15) is 8.42 Å². The van der Waals surface area contributed by atoms with Crippen LogP contribution >= 0.6 is 0 Å². The van der Waals surface area contributed by atoms with E-state index in [-0.39, 0.29) is 18.4 Å². The number of rotatable bonds is 8. The van der Waals surface area contributed by atoms with Crippen molar-refractivity contribution in [2.75, 3.05) is 25.7 Å². The summed E-state index contributed by atoms with van der Waals surface area (Å²) >= 11 is 0. The maximum Gasteiger partial charge on any atom is 0.161 e. The number of ether oxygens (including phenoxy) is 2. The van der Waals surface area contributed by atoms with Crippen LogP contribution in [0.1, 0.15) is 18.9 Å². The predicted octanol–water partition coefficient (Wildman–Crippen LogP) is 1.40. The quantitative estimate of drug-likeness (QED) is 0.785. The molecule has 0 fully saturated rings. The molecule has 1 aromatic carbocycles. The highest BCUT2D eigenvalue weighted by atomic mass is 32.2. The Labute approximate surface area is 121 Å². The summed E-state index contributed by atoms with van der Waals surface area (Å²) < 4.78 is 32.8. The molecule has 1 aromatic rings. The van der Waals surface area contributed by atoms with Crippen molar-refractivity contribution in [3.05, 3.63) is 23.8 Å². The highest BCUT2D eigenvalue weighted by Crippen LogP contribution is 2.28. The van der Waals surface area contributed by atoms with Crippen LogP contribution in [0.15, 0.2) is 18.2 Å². The van der Waals surface area contributed by atoms with Gasteiger partial charge in [-0.2, -0.15) is 0 Å². The summed E-state index contributed by atoms with van der Waals surface area (Å²) in [6.07, 6.45) is 2.87. The second-order valence-electron chi connectivity index (χ2n) is 4.84. The molecule has 0 saturated heterocycles. The van der Waals surface area contributed by atoms with E-state index in [4.69, 9.17) is 15.2 Å². The molecule has 1 rings (SSSR count). The molecular formula is C14H23NO4S. The van der Waals surface area contributed by atoms with Crippen LogP contribution < -0.4 is 15.2 Å². The average molecular weight is 301 g/mol. The number of benzene rings is 1. The van der Waals surface area contributed by atoms with Crippen molar-refractivity contribution in [1.29, 1.82) is 0 Å². The molecule has 0 spiro atoms. The molecule has 5 nitrogen and oxygen atoms in total. The fraction of sp³-hybridized carbons (Fsp3) is 0.571. The largest absolute Gasteiger partial charge is 0.493 e. The first-order valence-corrected chi connectivity index (χ1v) is 8.64. The Kier molecular flexibility index (Phi) is 6.29. The number of nitrogens with two attached hydrogens (primary N) is 1. The van der Waals surface area contributed by atoms with E-state index in [1.165, 1.54) is 6.26 Å². The average Bonchev–Trinajstić information content (AvgIpc) is 2.38. The Bertz CT molecular complexity index is 528. The molecule has 6 heteroatoms. The topological polar surface area (TPSA) is 78.6 Å². The highest BCUT2D eigenvalue weighted by molar-refractivity contribution is 7.90. The van der Waals surface area contributed by atoms with Gasteiger partial charge in [0.15, 0.2) is 21.3 Å². The number of methoxy groups -OCH3 is 1. The van der Waals surface area contributed by atoms with Crippen molar-refractivity contribution in [3.8, 4) is 11.5 Å². The van der Waals surface area contributed by atoms with Gasteiger partial charge in [-0.15, -0.1) is 0 Å². The normalized spacial score (nSPS) is 13.0. The van der Waals surface area contributed by atoms with E-state index < -0.39 is 9.84 Å². The molecule has 0 bridgehead atoms. The Morgan fingerprint density at radius 2 is 2.00 bits per heavy atom. The molecule has 0 saturated carbocycles. The lowest BCUT2D eigenvalue weighted by atomic mass is 10.0. The summed E-state index contributed by atoms with van der Waals surface area (Å²) in [6.45, 7) is 2.16. The lowest BCUT2D eigenvalue weighted by Crippen LogP contribution is -2.21. The maximum absolute atomic E-state index is 11.1. The zero-order valence-corrected chi connectivity index (χ0v) is 13.1. The summed E-state index contributed by atoms with van der Waals surface area (Å²) in [4.78, 5) is 0. The monoisotopic (exact) mass is 301 g/mol. The van der Waals surface area contributed by atoms with Crippen LogP contribution in [0.4, 0.5) is 0 Å². The molecule has 0 amide bonds. The Morgan fingerprint density at radius 3 is 2.55 bits per heavy atom. The summed E-state index contributed by atoms with van der Waals surface area (Å²) in [7, 11) is -1.47. The molecule has 0 aliphatic heterocycles. The summed E-state index contributed by atoms with van der Waals surface area (Å²) in [5.74, 6) is 1.13. The van der Waals surface area contributed by atoms with Crippen molar-refractivity contribution in [1.82, 2.24) is 0 Å². The molecule has 0 aromatic heterocycles. The van der Waals surface area contributed by atoms with Crippen LogP contribution in [0.3, 0.4) is 0 Å². The molecule has 20 heavy (non-hydrogen) atoms. The van der Waals surface area contributed by atoms with Crippen LogP contribution in [0.25, 0.3) is 0 Å². The third kappa shape index (κ3) is 5.79.